The molecular formula is C14H20N2O2. The summed E-state index contributed by atoms with van der Waals surface area (Å²) in [5, 5.41) is 0. The largest absolute Gasteiger partial charge is 0.375 e. The van der Waals surface area contributed by atoms with Crippen LogP contribution in [0.2, 0.25) is 0 Å². The first-order valence-corrected chi connectivity index (χ1v) is 6.37. The number of hydrogen-bond donors (Lipinski definition) is 1. The van der Waals surface area contributed by atoms with Crippen LogP contribution >= 0.6 is 0 Å². The molecule has 4 heteroatoms. The van der Waals surface area contributed by atoms with E-state index < -0.39 is 0 Å². The van der Waals surface area contributed by atoms with E-state index in [1.807, 2.05) is 36.1 Å². The molecule has 2 N–H and O–H groups in total. The van der Waals surface area contributed by atoms with Crippen LogP contribution in [0.4, 0.5) is 0 Å². The van der Waals surface area contributed by atoms with Crippen molar-refractivity contribution >= 4 is 5.91 Å². The highest BCUT2D eigenvalue weighted by Crippen LogP contribution is 2.12. The van der Waals surface area contributed by atoms with E-state index in [9.17, 15) is 4.79 Å². The van der Waals surface area contributed by atoms with Crippen molar-refractivity contribution in [2.75, 3.05) is 19.7 Å². The van der Waals surface area contributed by atoms with Gasteiger partial charge in [0.15, 0.2) is 0 Å². The van der Waals surface area contributed by atoms with Gasteiger partial charge < -0.3 is 15.4 Å². The molecule has 1 fully saturated rings. The fourth-order valence-corrected chi connectivity index (χ4v) is 2.25. The van der Waals surface area contributed by atoms with Gasteiger partial charge >= 0.3 is 0 Å². The maximum absolute atomic E-state index is 12.2. The topological polar surface area (TPSA) is 55.6 Å². The van der Waals surface area contributed by atoms with Crippen molar-refractivity contribution in [2.24, 2.45) is 5.73 Å². The van der Waals surface area contributed by atoms with Gasteiger partial charge in [0, 0.05) is 19.6 Å². The molecule has 1 aliphatic heterocycles. The monoisotopic (exact) mass is 248 g/mol. The van der Waals surface area contributed by atoms with E-state index in [0.29, 0.717) is 32.7 Å². The molecule has 1 aliphatic rings. The summed E-state index contributed by atoms with van der Waals surface area (Å²) >= 11 is 0. The van der Waals surface area contributed by atoms with E-state index in [2.05, 4.69) is 0 Å². The van der Waals surface area contributed by atoms with Gasteiger partial charge in [0.05, 0.1) is 19.1 Å². The standard InChI is InChI=1S/C14H20N2O2/c1-11-10-16(6-7-18-11)14(17)8-12-4-2-3-5-13(12)9-15/h2-5,11H,6-10,15H2,1H3. The average molecular weight is 248 g/mol. The Morgan fingerprint density at radius 1 is 1.44 bits per heavy atom. The Balaban J connectivity index is 2.02. The molecule has 1 atom stereocenters. The van der Waals surface area contributed by atoms with Crippen molar-refractivity contribution in [2.45, 2.75) is 26.0 Å². The Morgan fingerprint density at radius 3 is 2.83 bits per heavy atom. The van der Waals surface area contributed by atoms with Crippen LogP contribution in [0.1, 0.15) is 18.1 Å². The predicted molar refractivity (Wildman–Crippen MR) is 70.0 cm³/mol. The smallest absolute Gasteiger partial charge is 0.227 e. The van der Waals surface area contributed by atoms with Crippen molar-refractivity contribution in [3.05, 3.63) is 35.4 Å². The van der Waals surface area contributed by atoms with Gasteiger partial charge in [-0.25, -0.2) is 0 Å². The second kappa shape index (κ2) is 5.98. The molecular weight excluding hydrogens is 228 g/mol. The number of ether oxygens (including phenoxy) is 1. The van der Waals surface area contributed by atoms with E-state index in [0.717, 1.165) is 11.1 Å². The van der Waals surface area contributed by atoms with Crippen LogP contribution in [0.3, 0.4) is 0 Å². The Hall–Kier alpha value is -1.39. The van der Waals surface area contributed by atoms with Crippen molar-refractivity contribution < 1.29 is 9.53 Å². The van der Waals surface area contributed by atoms with Crippen LogP contribution in [0.5, 0.6) is 0 Å². The number of nitrogens with two attached hydrogens (primary N) is 1. The Kier molecular flexibility index (Phi) is 4.33. The SMILES string of the molecule is CC1CN(C(=O)Cc2ccccc2CN)CCO1. The number of rotatable bonds is 3. The molecule has 1 saturated heterocycles. The molecule has 1 amide bonds. The van der Waals surface area contributed by atoms with Gasteiger partial charge in [-0.05, 0) is 18.1 Å². The van der Waals surface area contributed by atoms with Gasteiger partial charge in [0.1, 0.15) is 0 Å². The molecule has 1 unspecified atom stereocenters. The van der Waals surface area contributed by atoms with Gasteiger partial charge in [-0.15, -0.1) is 0 Å². The summed E-state index contributed by atoms with van der Waals surface area (Å²) in [6, 6.07) is 7.85. The fourth-order valence-electron chi connectivity index (χ4n) is 2.25. The summed E-state index contributed by atoms with van der Waals surface area (Å²) in [5.41, 5.74) is 7.76. The quantitative estimate of drug-likeness (QED) is 0.866. The Bertz CT molecular complexity index is 420. The summed E-state index contributed by atoms with van der Waals surface area (Å²) in [6.45, 7) is 4.47. The molecule has 1 heterocycles. The zero-order valence-electron chi connectivity index (χ0n) is 10.8. The zero-order chi connectivity index (χ0) is 13.0. The molecule has 0 radical (unpaired) electrons. The second-order valence-electron chi connectivity index (χ2n) is 4.67. The highest BCUT2D eigenvalue weighted by molar-refractivity contribution is 5.79. The second-order valence-corrected chi connectivity index (χ2v) is 4.67. The normalized spacial score (nSPS) is 19.9. The van der Waals surface area contributed by atoms with E-state index in [4.69, 9.17) is 10.5 Å². The molecule has 0 spiro atoms. The molecule has 0 saturated carbocycles. The lowest BCUT2D eigenvalue weighted by Crippen LogP contribution is -2.45. The van der Waals surface area contributed by atoms with Crippen molar-refractivity contribution in [3.8, 4) is 0 Å². The third kappa shape index (κ3) is 3.09. The van der Waals surface area contributed by atoms with E-state index in [1.165, 1.54) is 0 Å². The first-order chi connectivity index (χ1) is 8.70. The summed E-state index contributed by atoms with van der Waals surface area (Å²) in [5.74, 6) is 0.158. The molecule has 1 aromatic carbocycles. The van der Waals surface area contributed by atoms with Gasteiger partial charge in [0.2, 0.25) is 5.91 Å². The number of morpholine rings is 1. The first-order valence-electron chi connectivity index (χ1n) is 6.37. The molecule has 0 aliphatic carbocycles. The van der Waals surface area contributed by atoms with Crippen LogP contribution < -0.4 is 5.73 Å². The van der Waals surface area contributed by atoms with Crippen molar-refractivity contribution in [3.63, 3.8) is 0 Å². The number of nitrogens with zero attached hydrogens (tertiary/aromatic N) is 1. The zero-order valence-corrected chi connectivity index (χ0v) is 10.8. The number of carbonyl (C=O) groups is 1. The van der Waals surface area contributed by atoms with Crippen LogP contribution in [-0.2, 0) is 22.5 Å². The average Bonchev–Trinajstić information content (AvgIpc) is 2.39. The third-order valence-corrected chi connectivity index (χ3v) is 3.27. The van der Waals surface area contributed by atoms with E-state index in [1.54, 1.807) is 0 Å². The number of amides is 1. The van der Waals surface area contributed by atoms with Crippen LogP contribution in [-0.4, -0.2) is 36.6 Å². The molecule has 0 bridgehead atoms. The van der Waals surface area contributed by atoms with Crippen LogP contribution in [0.25, 0.3) is 0 Å². The predicted octanol–water partition coefficient (Wildman–Crippen LogP) is 0.935. The minimum Gasteiger partial charge on any atom is -0.375 e. The Labute approximate surface area is 108 Å². The summed E-state index contributed by atoms with van der Waals surface area (Å²) in [7, 11) is 0. The summed E-state index contributed by atoms with van der Waals surface area (Å²) in [6.07, 6.45) is 0.563. The highest BCUT2D eigenvalue weighted by atomic mass is 16.5. The number of carbonyl (C=O) groups excluding carboxylic acids is 1. The molecule has 1 aromatic rings. The molecule has 18 heavy (non-hydrogen) atoms. The lowest BCUT2D eigenvalue weighted by molar-refractivity contribution is -0.137. The Morgan fingerprint density at radius 2 is 2.17 bits per heavy atom. The molecule has 2 rings (SSSR count). The van der Waals surface area contributed by atoms with Gasteiger partial charge in [-0.1, -0.05) is 24.3 Å². The highest BCUT2D eigenvalue weighted by Gasteiger charge is 2.21. The van der Waals surface area contributed by atoms with Crippen molar-refractivity contribution in [1.82, 2.24) is 4.90 Å². The van der Waals surface area contributed by atoms with Crippen molar-refractivity contribution in [1.29, 1.82) is 0 Å². The van der Waals surface area contributed by atoms with E-state index >= 15 is 0 Å². The lowest BCUT2D eigenvalue weighted by atomic mass is 10.0. The first kappa shape index (κ1) is 13.1. The van der Waals surface area contributed by atoms with Gasteiger partial charge in [0.25, 0.3) is 0 Å². The van der Waals surface area contributed by atoms with Gasteiger partial charge in [-0.2, -0.15) is 0 Å². The molecule has 98 valence electrons. The molecule has 4 nitrogen and oxygen atoms in total. The fraction of sp³-hybridized carbons (Fsp3) is 0.500. The van der Waals surface area contributed by atoms with Crippen LogP contribution in [0.15, 0.2) is 24.3 Å². The maximum Gasteiger partial charge on any atom is 0.227 e. The summed E-state index contributed by atoms with van der Waals surface area (Å²) < 4.78 is 5.44. The minimum absolute atomic E-state index is 0.132. The van der Waals surface area contributed by atoms with E-state index in [-0.39, 0.29) is 12.0 Å². The number of benzene rings is 1. The number of hydrogen-bond acceptors (Lipinski definition) is 3. The molecule has 0 aromatic heterocycles. The minimum atomic E-state index is 0.132. The van der Waals surface area contributed by atoms with Gasteiger partial charge in [-0.3, -0.25) is 4.79 Å². The maximum atomic E-state index is 12.2. The lowest BCUT2D eigenvalue weighted by Gasteiger charge is -2.31. The van der Waals surface area contributed by atoms with Crippen LogP contribution in [0, 0.1) is 0 Å². The third-order valence-electron chi connectivity index (χ3n) is 3.27. The summed E-state index contributed by atoms with van der Waals surface area (Å²) in [4.78, 5) is 14.1.